The third-order valence-electron chi connectivity index (χ3n) is 4.38. The summed E-state index contributed by atoms with van der Waals surface area (Å²) in [6.07, 6.45) is 3.33. The van der Waals surface area contributed by atoms with Crippen LogP contribution in [-0.2, 0) is 11.2 Å². The fourth-order valence-corrected chi connectivity index (χ4v) is 3.13. The number of hydrogen-bond acceptors (Lipinski definition) is 3. The lowest BCUT2D eigenvalue weighted by Gasteiger charge is -2.28. The second-order valence-corrected chi connectivity index (χ2v) is 5.87. The Morgan fingerprint density at radius 1 is 1.26 bits per heavy atom. The highest BCUT2D eigenvalue weighted by Crippen LogP contribution is 2.34. The summed E-state index contributed by atoms with van der Waals surface area (Å²) < 4.78 is 5.05. The Morgan fingerprint density at radius 2 is 2.04 bits per heavy atom. The van der Waals surface area contributed by atoms with Gasteiger partial charge in [0.25, 0.3) is 5.91 Å². The van der Waals surface area contributed by atoms with Gasteiger partial charge in [-0.3, -0.25) is 9.59 Å². The quantitative estimate of drug-likeness (QED) is 0.943. The standard InChI is InChI=1S/C18H20N2O3/c1-12(19-17(21)16-8-5-11-23-16)18(22)20(2)15-10-9-13-6-3-4-7-14(13)15/h3-8,11-12,15H,9-10H2,1-2H3,(H,19,21). The number of amides is 2. The molecule has 2 atom stereocenters. The highest BCUT2D eigenvalue weighted by Gasteiger charge is 2.31. The average Bonchev–Trinajstić information content (AvgIpc) is 3.22. The second kappa shape index (κ2) is 6.28. The first-order valence-electron chi connectivity index (χ1n) is 7.76. The van der Waals surface area contributed by atoms with E-state index in [9.17, 15) is 9.59 Å². The average molecular weight is 312 g/mol. The van der Waals surface area contributed by atoms with Crippen LogP contribution in [0, 0.1) is 0 Å². The van der Waals surface area contributed by atoms with Crippen molar-refractivity contribution in [2.45, 2.75) is 31.8 Å². The minimum Gasteiger partial charge on any atom is -0.459 e. The van der Waals surface area contributed by atoms with E-state index in [-0.39, 0.29) is 23.6 Å². The molecule has 0 saturated carbocycles. The molecule has 1 heterocycles. The van der Waals surface area contributed by atoms with E-state index in [2.05, 4.69) is 17.4 Å². The maximum Gasteiger partial charge on any atom is 0.287 e. The topological polar surface area (TPSA) is 62.6 Å². The number of furan rings is 1. The number of nitrogens with zero attached hydrogens (tertiary/aromatic N) is 1. The van der Waals surface area contributed by atoms with Gasteiger partial charge in [0.15, 0.2) is 5.76 Å². The van der Waals surface area contributed by atoms with Crippen molar-refractivity contribution >= 4 is 11.8 Å². The zero-order valence-electron chi connectivity index (χ0n) is 13.3. The molecule has 2 unspecified atom stereocenters. The minimum absolute atomic E-state index is 0.0710. The van der Waals surface area contributed by atoms with Crippen LogP contribution in [-0.4, -0.2) is 29.8 Å². The molecule has 1 aliphatic carbocycles. The molecule has 5 nitrogen and oxygen atoms in total. The first kappa shape index (κ1) is 15.3. The van der Waals surface area contributed by atoms with E-state index >= 15 is 0 Å². The van der Waals surface area contributed by atoms with Crippen LogP contribution in [0.15, 0.2) is 47.1 Å². The minimum atomic E-state index is -0.606. The van der Waals surface area contributed by atoms with E-state index in [0.29, 0.717) is 0 Å². The van der Waals surface area contributed by atoms with Gasteiger partial charge in [0.1, 0.15) is 6.04 Å². The van der Waals surface area contributed by atoms with E-state index in [0.717, 1.165) is 12.8 Å². The number of carbonyl (C=O) groups is 2. The summed E-state index contributed by atoms with van der Waals surface area (Å²) in [7, 11) is 1.80. The van der Waals surface area contributed by atoms with Gasteiger partial charge >= 0.3 is 0 Å². The van der Waals surface area contributed by atoms with Crippen LogP contribution in [0.25, 0.3) is 0 Å². The van der Waals surface area contributed by atoms with E-state index in [1.54, 1.807) is 31.0 Å². The number of hydrogen-bond donors (Lipinski definition) is 1. The molecule has 2 amide bonds. The number of fused-ring (bicyclic) bond motifs is 1. The highest BCUT2D eigenvalue weighted by molar-refractivity contribution is 5.95. The van der Waals surface area contributed by atoms with Crippen molar-refractivity contribution in [1.82, 2.24) is 10.2 Å². The van der Waals surface area contributed by atoms with Gasteiger partial charge in [-0.2, -0.15) is 0 Å². The largest absolute Gasteiger partial charge is 0.459 e. The number of aryl methyl sites for hydroxylation is 1. The summed E-state index contributed by atoms with van der Waals surface area (Å²) >= 11 is 0. The Balaban J connectivity index is 1.67. The normalized spacial score (nSPS) is 17.4. The first-order valence-corrected chi connectivity index (χ1v) is 7.76. The van der Waals surface area contributed by atoms with Crippen LogP contribution in [0.5, 0.6) is 0 Å². The van der Waals surface area contributed by atoms with Crippen molar-refractivity contribution < 1.29 is 14.0 Å². The molecule has 5 heteroatoms. The predicted molar refractivity (Wildman–Crippen MR) is 85.9 cm³/mol. The maximum absolute atomic E-state index is 12.6. The van der Waals surface area contributed by atoms with E-state index in [1.165, 1.54) is 17.4 Å². The molecule has 23 heavy (non-hydrogen) atoms. The van der Waals surface area contributed by atoms with Gasteiger partial charge in [0.05, 0.1) is 12.3 Å². The molecule has 0 saturated heterocycles. The summed E-state index contributed by atoms with van der Waals surface area (Å²) in [5.41, 5.74) is 2.50. The third-order valence-corrected chi connectivity index (χ3v) is 4.38. The van der Waals surface area contributed by atoms with Gasteiger partial charge in [0, 0.05) is 7.05 Å². The fraction of sp³-hybridized carbons (Fsp3) is 0.333. The molecule has 0 bridgehead atoms. The molecular weight excluding hydrogens is 292 g/mol. The van der Waals surface area contributed by atoms with Gasteiger partial charge < -0.3 is 14.6 Å². The summed E-state index contributed by atoms with van der Waals surface area (Å²) in [6, 6.07) is 10.9. The smallest absolute Gasteiger partial charge is 0.287 e. The Morgan fingerprint density at radius 3 is 2.78 bits per heavy atom. The zero-order chi connectivity index (χ0) is 16.4. The number of benzene rings is 1. The number of likely N-dealkylation sites (N-methyl/N-ethyl adjacent to an activating group) is 1. The lowest BCUT2D eigenvalue weighted by atomic mass is 10.1. The Kier molecular flexibility index (Phi) is 4.19. The lowest BCUT2D eigenvalue weighted by molar-refractivity contribution is -0.133. The summed E-state index contributed by atoms with van der Waals surface area (Å²) in [5, 5.41) is 2.69. The van der Waals surface area contributed by atoms with Crippen LogP contribution in [0.2, 0.25) is 0 Å². The van der Waals surface area contributed by atoms with Gasteiger partial charge in [-0.05, 0) is 43.0 Å². The van der Waals surface area contributed by atoms with Gasteiger partial charge in [-0.15, -0.1) is 0 Å². The zero-order valence-corrected chi connectivity index (χ0v) is 13.3. The van der Waals surface area contributed by atoms with Crippen LogP contribution >= 0.6 is 0 Å². The van der Waals surface area contributed by atoms with Crippen molar-refractivity contribution in [3.8, 4) is 0 Å². The number of nitrogens with one attached hydrogen (secondary N) is 1. The molecule has 1 aromatic heterocycles. The number of carbonyl (C=O) groups excluding carboxylic acids is 2. The van der Waals surface area contributed by atoms with E-state index in [1.807, 2.05) is 12.1 Å². The second-order valence-electron chi connectivity index (χ2n) is 5.87. The molecule has 3 rings (SSSR count). The molecule has 1 aliphatic rings. The summed E-state index contributed by atoms with van der Waals surface area (Å²) in [5.74, 6) is -0.277. The molecule has 2 aromatic rings. The molecular formula is C18H20N2O3. The summed E-state index contributed by atoms with van der Waals surface area (Å²) in [6.45, 7) is 1.69. The molecule has 0 radical (unpaired) electrons. The SMILES string of the molecule is CC(NC(=O)c1ccco1)C(=O)N(C)C1CCc2ccccc21. The molecule has 0 fully saturated rings. The maximum atomic E-state index is 12.6. The van der Waals surface area contributed by atoms with Crippen molar-refractivity contribution in [2.24, 2.45) is 0 Å². The predicted octanol–water partition coefficient (Wildman–Crippen LogP) is 2.54. The van der Waals surface area contributed by atoms with Crippen molar-refractivity contribution in [2.75, 3.05) is 7.05 Å². The number of rotatable bonds is 4. The van der Waals surface area contributed by atoms with Gasteiger partial charge in [-0.1, -0.05) is 24.3 Å². The Bertz CT molecular complexity index is 709. The molecule has 120 valence electrons. The lowest BCUT2D eigenvalue weighted by Crippen LogP contribution is -2.46. The van der Waals surface area contributed by atoms with E-state index in [4.69, 9.17) is 4.42 Å². The molecule has 1 aromatic carbocycles. The van der Waals surface area contributed by atoms with Crippen molar-refractivity contribution in [3.05, 3.63) is 59.5 Å². The van der Waals surface area contributed by atoms with Crippen LogP contribution < -0.4 is 5.32 Å². The monoisotopic (exact) mass is 312 g/mol. The molecule has 0 spiro atoms. The Labute approximate surface area is 135 Å². The van der Waals surface area contributed by atoms with Crippen LogP contribution in [0.1, 0.15) is 41.1 Å². The summed E-state index contributed by atoms with van der Waals surface area (Å²) in [4.78, 5) is 26.3. The van der Waals surface area contributed by atoms with Gasteiger partial charge in [0.2, 0.25) is 5.91 Å². The fourth-order valence-electron chi connectivity index (χ4n) is 3.13. The highest BCUT2D eigenvalue weighted by atomic mass is 16.3. The molecule has 0 aliphatic heterocycles. The third kappa shape index (κ3) is 2.99. The van der Waals surface area contributed by atoms with Gasteiger partial charge in [-0.25, -0.2) is 0 Å². The first-order chi connectivity index (χ1) is 11.1. The Hall–Kier alpha value is -2.56. The van der Waals surface area contributed by atoms with Crippen molar-refractivity contribution in [3.63, 3.8) is 0 Å². The van der Waals surface area contributed by atoms with E-state index < -0.39 is 6.04 Å². The molecule has 1 N–H and O–H groups in total. The van der Waals surface area contributed by atoms with Crippen LogP contribution in [0.3, 0.4) is 0 Å². The van der Waals surface area contributed by atoms with Crippen LogP contribution in [0.4, 0.5) is 0 Å². The van der Waals surface area contributed by atoms with Crippen molar-refractivity contribution in [1.29, 1.82) is 0 Å².